The van der Waals surface area contributed by atoms with Crippen molar-refractivity contribution in [3.8, 4) is 0 Å². The molecule has 0 fully saturated rings. The zero-order valence-corrected chi connectivity index (χ0v) is 7.79. The molecule has 1 rings (SSSR count). The highest BCUT2D eigenvalue weighted by molar-refractivity contribution is 4.78. The van der Waals surface area contributed by atoms with Gasteiger partial charge >= 0.3 is 0 Å². The lowest BCUT2D eigenvalue weighted by Gasteiger charge is -2.19. The van der Waals surface area contributed by atoms with Crippen LogP contribution in [0.3, 0.4) is 0 Å². The lowest BCUT2D eigenvalue weighted by Crippen LogP contribution is -2.37. The molecule has 1 aromatic heterocycles. The van der Waals surface area contributed by atoms with Crippen LogP contribution in [-0.2, 0) is 6.42 Å². The van der Waals surface area contributed by atoms with Crippen LogP contribution in [0.25, 0.3) is 0 Å². The van der Waals surface area contributed by atoms with Gasteiger partial charge in [0.25, 0.3) is 0 Å². The SMILES string of the molecule is CC(C)(C)NCCc1ncno1. The molecule has 0 bridgehead atoms. The monoisotopic (exact) mass is 169 g/mol. The molecule has 4 heteroatoms. The molecular formula is C8H15N3O. The van der Waals surface area contributed by atoms with Gasteiger partial charge in [-0.3, -0.25) is 0 Å². The first kappa shape index (κ1) is 9.19. The maximum absolute atomic E-state index is 4.85. The van der Waals surface area contributed by atoms with Crippen LogP contribution in [0.2, 0.25) is 0 Å². The molecule has 0 atom stereocenters. The van der Waals surface area contributed by atoms with Crippen LogP contribution in [0.5, 0.6) is 0 Å². The topological polar surface area (TPSA) is 51.0 Å². The minimum Gasteiger partial charge on any atom is -0.340 e. The van der Waals surface area contributed by atoms with Crippen molar-refractivity contribution >= 4 is 0 Å². The second-order valence-electron chi connectivity index (χ2n) is 3.76. The molecule has 1 N–H and O–H groups in total. The number of hydrogen-bond acceptors (Lipinski definition) is 4. The van der Waals surface area contributed by atoms with E-state index in [4.69, 9.17) is 4.52 Å². The highest BCUT2D eigenvalue weighted by Gasteiger charge is 2.08. The summed E-state index contributed by atoms with van der Waals surface area (Å²) in [6.07, 6.45) is 2.21. The van der Waals surface area contributed by atoms with E-state index in [1.54, 1.807) is 0 Å². The Bertz CT molecular complexity index is 213. The Balaban J connectivity index is 2.20. The third kappa shape index (κ3) is 3.48. The minimum atomic E-state index is 0.153. The van der Waals surface area contributed by atoms with E-state index in [0.717, 1.165) is 13.0 Å². The Morgan fingerprint density at radius 2 is 2.25 bits per heavy atom. The van der Waals surface area contributed by atoms with Gasteiger partial charge in [0, 0.05) is 18.5 Å². The van der Waals surface area contributed by atoms with Gasteiger partial charge < -0.3 is 9.84 Å². The average molecular weight is 169 g/mol. The molecule has 0 aliphatic rings. The highest BCUT2D eigenvalue weighted by Crippen LogP contribution is 1.99. The van der Waals surface area contributed by atoms with Gasteiger partial charge in [-0.2, -0.15) is 4.98 Å². The molecule has 0 unspecified atom stereocenters. The quantitative estimate of drug-likeness (QED) is 0.733. The summed E-state index contributed by atoms with van der Waals surface area (Å²) in [5, 5.41) is 6.86. The number of rotatable bonds is 3. The fraction of sp³-hybridized carbons (Fsp3) is 0.750. The van der Waals surface area contributed by atoms with Crippen molar-refractivity contribution in [3.05, 3.63) is 12.2 Å². The van der Waals surface area contributed by atoms with Crippen LogP contribution in [0, 0.1) is 0 Å². The van der Waals surface area contributed by atoms with Gasteiger partial charge in [-0.05, 0) is 20.8 Å². The summed E-state index contributed by atoms with van der Waals surface area (Å²) in [4.78, 5) is 3.92. The summed E-state index contributed by atoms with van der Waals surface area (Å²) in [6.45, 7) is 7.24. The Hall–Kier alpha value is -0.900. The second-order valence-corrected chi connectivity index (χ2v) is 3.76. The van der Waals surface area contributed by atoms with Crippen LogP contribution in [0.4, 0.5) is 0 Å². The van der Waals surface area contributed by atoms with Crippen molar-refractivity contribution in [2.75, 3.05) is 6.54 Å². The van der Waals surface area contributed by atoms with E-state index in [1.807, 2.05) is 0 Å². The summed E-state index contributed by atoms with van der Waals surface area (Å²) in [5.41, 5.74) is 0.153. The number of hydrogen-bond donors (Lipinski definition) is 1. The third-order valence-electron chi connectivity index (χ3n) is 1.40. The smallest absolute Gasteiger partial charge is 0.227 e. The fourth-order valence-electron chi connectivity index (χ4n) is 0.851. The first-order valence-corrected chi connectivity index (χ1v) is 4.08. The fourth-order valence-corrected chi connectivity index (χ4v) is 0.851. The van der Waals surface area contributed by atoms with Gasteiger partial charge in [-0.1, -0.05) is 5.16 Å². The maximum Gasteiger partial charge on any atom is 0.227 e. The molecule has 0 aliphatic carbocycles. The summed E-state index contributed by atoms with van der Waals surface area (Å²) < 4.78 is 4.85. The van der Waals surface area contributed by atoms with E-state index >= 15 is 0 Å². The molecule has 0 spiro atoms. The van der Waals surface area contributed by atoms with Gasteiger partial charge in [-0.25, -0.2) is 0 Å². The molecule has 12 heavy (non-hydrogen) atoms. The molecule has 0 saturated carbocycles. The van der Waals surface area contributed by atoms with Crippen molar-refractivity contribution in [2.45, 2.75) is 32.7 Å². The molecule has 0 amide bonds. The zero-order valence-electron chi connectivity index (χ0n) is 7.79. The first-order chi connectivity index (χ1) is 5.58. The van der Waals surface area contributed by atoms with Crippen LogP contribution < -0.4 is 5.32 Å². The largest absolute Gasteiger partial charge is 0.340 e. The van der Waals surface area contributed by atoms with Gasteiger partial charge in [0.05, 0.1) is 0 Å². The van der Waals surface area contributed by atoms with E-state index in [-0.39, 0.29) is 5.54 Å². The molecular weight excluding hydrogens is 154 g/mol. The van der Waals surface area contributed by atoms with Crippen LogP contribution in [-0.4, -0.2) is 22.2 Å². The van der Waals surface area contributed by atoms with E-state index < -0.39 is 0 Å². The van der Waals surface area contributed by atoms with Crippen molar-refractivity contribution in [1.82, 2.24) is 15.5 Å². The van der Waals surface area contributed by atoms with Crippen LogP contribution >= 0.6 is 0 Å². The van der Waals surface area contributed by atoms with Gasteiger partial charge in [0.2, 0.25) is 5.89 Å². The molecule has 1 aromatic rings. The highest BCUT2D eigenvalue weighted by atomic mass is 16.5. The predicted molar refractivity (Wildman–Crippen MR) is 45.8 cm³/mol. The molecule has 0 radical (unpaired) electrons. The van der Waals surface area contributed by atoms with E-state index in [9.17, 15) is 0 Å². The molecule has 68 valence electrons. The van der Waals surface area contributed by atoms with Gasteiger partial charge in [0.15, 0.2) is 6.33 Å². The number of nitrogens with one attached hydrogen (secondary N) is 1. The lowest BCUT2D eigenvalue weighted by molar-refractivity contribution is 0.361. The number of aromatic nitrogens is 2. The van der Waals surface area contributed by atoms with Crippen molar-refractivity contribution in [1.29, 1.82) is 0 Å². The predicted octanol–water partition coefficient (Wildman–Crippen LogP) is 1.00. The Morgan fingerprint density at radius 3 is 2.75 bits per heavy atom. The first-order valence-electron chi connectivity index (χ1n) is 4.08. The van der Waals surface area contributed by atoms with Gasteiger partial charge in [0.1, 0.15) is 0 Å². The van der Waals surface area contributed by atoms with Gasteiger partial charge in [-0.15, -0.1) is 0 Å². The lowest BCUT2D eigenvalue weighted by atomic mass is 10.1. The molecule has 4 nitrogen and oxygen atoms in total. The summed E-state index contributed by atoms with van der Waals surface area (Å²) in [5.74, 6) is 0.687. The third-order valence-corrected chi connectivity index (χ3v) is 1.40. The van der Waals surface area contributed by atoms with E-state index in [1.165, 1.54) is 6.33 Å². The molecule has 0 saturated heterocycles. The minimum absolute atomic E-state index is 0.153. The Labute approximate surface area is 72.4 Å². The Morgan fingerprint density at radius 1 is 1.50 bits per heavy atom. The number of nitrogens with zero attached hydrogens (tertiary/aromatic N) is 2. The summed E-state index contributed by atoms with van der Waals surface area (Å²) >= 11 is 0. The van der Waals surface area contributed by atoms with Crippen LogP contribution in [0.1, 0.15) is 26.7 Å². The normalized spacial score (nSPS) is 11.9. The molecule has 0 aliphatic heterocycles. The zero-order chi connectivity index (χ0) is 9.03. The van der Waals surface area contributed by atoms with Crippen LogP contribution in [0.15, 0.2) is 10.9 Å². The van der Waals surface area contributed by atoms with E-state index in [0.29, 0.717) is 5.89 Å². The Kier molecular flexibility index (Phi) is 2.81. The van der Waals surface area contributed by atoms with Crippen molar-refractivity contribution < 1.29 is 4.52 Å². The van der Waals surface area contributed by atoms with Crippen molar-refractivity contribution in [2.24, 2.45) is 0 Å². The molecule has 0 aromatic carbocycles. The standard InChI is InChI=1S/C8H15N3O/c1-8(2,3)10-5-4-7-9-6-11-12-7/h6,10H,4-5H2,1-3H3. The summed E-state index contributed by atoms with van der Waals surface area (Å²) in [7, 11) is 0. The van der Waals surface area contributed by atoms with E-state index in [2.05, 4.69) is 36.2 Å². The molecule has 1 heterocycles. The summed E-state index contributed by atoms with van der Waals surface area (Å²) in [6, 6.07) is 0. The second kappa shape index (κ2) is 3.67. The maximum atomic E-state index is 4.85. The average Bonchev–Trinajstić information content (AvgIpc) is 2.36. The van der Waals surface area contributed by atoms with Crippen molar-refractivity contribution in [3.63, 3.8) is 0 Å².